The molecule has 0 aliphatic carbocycles. The Bertz CT molecular complexity index is 1090. The fourth-order valence-corrected chi connectivity index (χ4v) is 3.72. The van der Waals surface area contributed by atoms with Crippen LogP contribution in [-0.4, -0.2) is 57.7 Å². The first-order chi connectivity index (χ1) is 14.9. The molecule has 1 aliphatic heterocycles. The lowest BCUT2D eigenvalue weighted by molar-refractivity contribution is 0.0671. The first-order valence-electron chi connectivity index (χ1n) is 10.2. The van der Waals surface area contributed by atoms with E-state index in [1.54, 1.807) is 9.80 Å². The van der Waals surface area contributed by atoms with Gasteiger partial charge in [0.1, 0.15) is 5.82 Å². The Balaban J connectivity index is 1.39. The first-order valence-corrected chi connectivity index (χ1v) is 10.2. The topological polar surface area (TPSA) is 70.5 Å². The average Bonchev–Trinajstić information content (AvgIpc) is 3.08. The number of piperazine rings is 1. The number of anilines is 1. The van der Waals surface area contributed by atoms with Crippen molar-refractivity contribution in [3.63, 3.8) is 0 Å². The van der Waals surface area contributed by atoms with Crippen LogP contribution in [0.3, 0.4) is 0 Å². The highest BCUT2D eigenvalue weighted by Gasteiger charge is 2.26. The highest BCUT2D eigenvalue weighted by molar-refractivity contribution is 5.95. The van der Waals surface area contributed by atoms with E-state index >= 15 is 0 Å². The number of carbonyl (C=O) groups excluding carboxylic acids is 2. The second-order valence-corrected chi connectivity index (χ2v) is 7.51. The van der Waals surface area contributed by atoms with Gasteiger partial charge in [0.2, 0.25) is 0 Å². The zero-order chi connectivity index (χ0) is 22.0. The summed E-state index contributed by atoms with van der Waals surface area (Å²) in [6.07, 6.45) is 0. The van der Waals surface area contributed by atoms with Crippen LogP contribution in [0.5, 0.6) is 0 Å². The van der Waals surface area contributed by atoms with Crippen molar-refractivity contribution < 1.29 is 14.0 Å². The van der Waals surface area contributed by atoms with E-state index < -0.39 is 0 Å². The molecule has 4 rings (SSSR count). The largest absolute Gasteiger partial charge is 0.335 e. The molecule has 1 aliphatic rings. The van der Waals surface area contributed by atoms with Crippen LogP contribution in [0, 0.1) is 19.7 Å². The number of halogens is 1. The predicted octanol–water partition coefficient (Wildman–Crippen LogP) is 3.62. The summed E-state index contributed by atoms with van der Waals surface area (Å²) >= 11 is 0. The molecule has 1 N–H and O–H groups in total. The number of benzene rings is 2. The number of nitrogens with one attached hydrogen (secondary N) is 1. The molecular formula is C23H24FN5O2. The zero-order valence-electron chi connectivity index (χ0n) is 17.5. The third-order valence-corrected chi connectivity index (χ3v) is 5.47. The Morgan fingerprint density at radius 3 is 2.16 bits per heavy atom. The molecule has 2 heterocycles. The van der Waals surface area contributed by atoms with Gasteiger partial charge in [-0.15, -0.1) is 0 Å². The molecule has 0 radical (unpaired) electrons. The van der Waals surface area contributed by atoms with E-state index in [-0.39, 0.29) is 17.8 Å². The molecule has 1 saturated heterocycles. The monoisotopic (exact) mass is 421 g/mol. The summed E-state index contributed by atoms with van der Waals surface area (Å²) in [5.41, 5.74) is 3.65. The highest BCUT2D eigenvalue weighted by Crippen LogP contribution is 2.23. The molecule has 0 unspecified atom stereocenters. The van der Waals surface area contributed by atoms with Gasteiger partial charge in [-0.3, -0.25) is 4.79 Å². The maximum atomic E-state index is 13.1. The van der Waals surface area contributed by atoms with Crippen LogP contribution in [0.25, 0.3) is 5.69 Å². The van der Waals surface area contributed by atoms with E-state index in [1.807, 2.05) is 48.9 Å². The van der Waals surface area contributed by atoms with Crippen LogP contribution < -0.4 is 5.32 Å². The summed E-state index contributed by atoms with van der Waals surface area (Å²) in [5.74, 6) is -0.532. The van der Waals surface area contributed by atoms with Crippen molar-refractivity contribution in [3.05, 3.63) is 77.4 Å². The maximum absolute atomic E-state index is 13.1. The molecule has 0 spiro atoms. The van der Waals surface area contributed by atoms with Gasteiger partial charge in [-0.25, -0.2) is 13.9 Å². The van der Waals surface area contributed by atoms with E-state index in [1.165, 1.54) is 24.3 Å². The molecule has 3 aromatic rings. The SMILES string of the molecule is Cc1nn(-c2ccccc2)c(C)c1NC(=O)N1CCN(C(=O)c2ccc(F)cc2)CC1. The minimum absolute atomic E-state index is 0.157. The summed E-state index contributed by atoms with van der Waals surface area (Å²) in [6, 6.07) is 15.0. The molecular weight excluding hydrogens is 397 g/mol. The molecule has 0 bridgehead atoms. The number of nitrogens with zero attached hydrogens (tertiary/aromatic N) is 4. The Labute approximate surface area is 180 Å². The number of aromatic nitrogens is 2. The van der Waals surface area contributed by atoms with Crippen LogP contribution in [0.4, 0.5) is 14.9 Å². The Morgan fingerprint density at radius 1 is 0.903 bits per heavy atom. The molecule has 0 saturated carbocycles. The second-order valence-electron chi connectivity index (χ2n) is 7.51. The second kappa shape index (κ2) is 8.59. The Kier molecular flexibility index (Phi) is 5.70. The highest BCUT2D eigenvalue weighted by atomic mass is 19.1. The molecule has 1 fully saturated rings. The van der Waals surface area contributed by atoms with E-state index in [2.05, 4.69) is 10.4 Å². The van der Waals surface area contributed by atoms with Gasteiger partial charge in [-0.1, -0.05) is 18.2 Å². The summed E-state index contributed by atoms with van der Waals surface area (Å²) in [7, 11) is 0. The van der Waals surface area contributed by atoms with Crippen LogP contribution in [-0.2, 0) is 0 Å². The smallest absolute Gasteiger partial charge is 0.322 e. The summed E-state index contributed by atoms with van der Waals surface area (Å²) in [4.78, 5) is 28.8. The van der Waals surface area contributed by atoms with Crippen molar-refractivity contribution in [3.8, 4) is 5.69 Å². The van der Waals surface area contributed by atoms with Gasteiger partial charge in [-0.2, -0.15) is 5.10 Å². The number of hydrogen-bond acceptors (Lipinski definition) is 3. The normalized spacial score (nSPS) is 13.9. The third kappa shape index (κ3) is 4.28. The summed E-state index contributed by atoms with van der Waals surface area (Å²) in [6.45, 7) is 5.46. The van der Waals surface area contributed by atoms with Crippen molar-refractivity contribution in [2.75, 3.05) is 31.5 Å². The minimum atomic E-state index is -0.376. The van der Waals surface area contributed by atoms with Crippen LogP contribution in [0.2, 0.25) is 0 Å². The molecule has 31 heavy (non-hydrogen) atoms. The van der Waals surface area contributed by atoms with Crippen LogP contribution >= 0.6 is 0 Å². The van der Waals surface area contributed by atoms with Crippen molar-refractivity contribution in [1.29, 1.82) is 0 Å². The number of aryl methyl sites for hydroxylation is 1. The maximum Gasteiger partial charge on any atom is 0.322 e. The third-order valence-electron chi connectivity index (χ3n) is 5.47. The van der Waals surface area contributed by atoms with Gasteiger partial charge in [0.15, 0.2) is 0 Å². The number of hydrogen-bond donors (Lipinski definition) is 1. The van der Waals surface area contributed by atoms with Crippen LogP contribution in [0.15, 0.2) is 54.6 Å². The molecule has 0 atom stereocenters. The van der Waals surface area contributed by atoms with Gasteiger partial charge in [0.25, 0.3) is 5.91 Å². The molecule has 7 nitrogen and oxygen atoms in total. The van der Waals surface area contributed by atoms with Gasteiger partial charge < -0.3 is 15.1 Å². The molecule has 1 aromatic heterocycles. The first kappa shape index (κ1) is 20.6. The van der Waals surface area contributed by atoms with E-state index in [9.17, 15) is 14.0 Å². The standard InChI is InChI=1S/C23H24FN5O2/c1-16-21(17(2)29(26-16)20-6-4-3-5-7-20)25-23(31)28-14-12-27(13-15-28)22(30)18-8-10-19(24)11-9-18/h3-11H,12-15H2,1-2H3,(H,25,31). The fourth-order valence-electron chi connectivity index (χ4n) is 3.72. The lowest BCUT2D eigenvalue weighted by Crippen LogP contribution is -2.51. The van der Waals surface area contributed by atoms with Gasteiger partial charge in [0, 0.05) is 31.7 Å². The van der Waals surface area contributed by atoms with Crippen LogP contribution in [0.1, 0.15) is 21.7 Å². The lowest BCUT2D eigenvalue weighted by Gasteiger charge is -2.34. The fraction of sp³-hybridized carbons (Fsp3) is 0.261. The van der Waals surface area contributed by atoms with Crippen molar-refractivity contribution in [2.24, 2.45) is 0 Å². The molecule has 8 heteroatoms. The van der Waals surface area contributed by atoms with E-state index in [0.29, 0.717) is 37.4 Å². The molecule has 160 valence electrons. The number of rotatable bonds is 3. The Morgan fingerprint density at radius 2 is 1.52 bits per heavy atom. The Hall–Kier alpha value is -3.68. The predicted molar refractivity (Wildman–Crippen MR) is 116 cm³/mol. The number of amides is 3. The van der Waals surface area contributed by atoms with Crippen molar-refractivity contribution in [1.82, 2.24) is 19.6 Å². The minimum Gasteiger partial charge on any atom is -0.335 e. The number of urea groups is 1. The number of carbonyl (C=O) groups is 2. The summed E-state index contributed by atoms with van der Waals surface area (Å²) in [5, 5.41) is 7.54. The number of para-hydroxylation sites is 1. The zero-order valence-corrected chi connectivity index (χ0v) is 17.5. The quantitative estimate of drug-likeness (QED) is 0.702. The average molecular weight is 421 g/mol. The van der Waals surface area contributed by atoms with E-state index in [4.69, 9.17) is 0 Å². The van der Waals surface area contributed by atoms with Gasteiger partial charge in [-0.05, 0) is 50.2 Å². The van der Waals surface area contributed by atoms with E-state index in [0.717, 1.165) is 17.1 Å². The van der Waals surface area contributed by atoms with Crippen molar-refractivity contribution >= 4 is 17.6 Å². The lowest BCUT2D eigenvalue weighted by atomic mass is 10.2. The molecule has 2 aromatic carbocycles. The molecule has 3 amide bonds. The van der Waals surface area contributed by atoms with Gasteiger partial charge in [0.05, 0.1) is 22.8 Å². The van der Waals surface area contributed by atoms with Gasteiger partial charge >= 0.3 is 6.03 Å². The van der Waals surface area contributed by atoms with Crippen molar-refractivity contribution in [2.45, 2.75) is 13.8 Å². The summed E-state index contributed by atoms with van der Waals surface area (Å²) < 4.78 is 14.9.